The van der Waals surface area contributed by atoms with Crippen molar-refractivity contribution in [3.8, 4) is 0 Å². The summed E-state index contributed by atoms with van der Waals surface area (Å²) in [6.07, 6.45) is 4.42. The van der Waals surface area contributed by atoms with Crippen LogP contribution < -0.4 is 0 Å². The number of carboxylic acids is 2. The summed E-state index contributed by atoms with van der Waals surface area (Å²) in [5.41, 5.74) is 0. The van der Waals surface area contributed by atoms with E-state index in [9.17, 15) is 29.4 Å². The Hall–Kier alpha value is -1.80. The standard InChI is InChI=1S/C12H20O2.2C4H6O3/c13-5-7-1-10-8-3-9(6-14)11(4-8)12(10)2-7;2*1-3(5)2-4(6)7/h7-14H,1-6H2;2*2H2,1H3,(H,6,7). The van der Waals surface area contributed by atoms with Gasteiger partial charge in [-0.05, 0) is 75.0 Å². The number of carbonyl (C=O) groups excluding carboxylic acids is 2. The van der Waals surface area contributed by atoms with E-state index in [4.69, 9.17) is 10.2 Å². The van der Waals surface area contributed by atoms with Crippen molar-refractivity contribution in [1.29, 1.82) is 0 Å². The Morgan fingerprint density at radius 1 is 0.714 bits per heavy atom. The van der Waals surface area contributed by atoms with Crippen LogP contribution in [-0.4, -0.2) is 57.1 Å². The molecule has 3 aliphatic carbocycles. The molecule has 160 valence electrons. The topological polar surface area (TPSA) is 149 Å². The normalized spacial score (nSPS) is 31.7. The SMILES string of the molecule is CC(=O)CC(=O)O.CC(=O)CC(=O)O.OCC1CC2C3CC(CO)C(C3)C2C1. The van der Waals surface area contributed by atoms with Crippen LogP contribution >= 0.6 is 0 Å². The van der Waals surface area contributed by atoms with Crippen LogP contribution in [0.1, 0.15) is 52.4 Å². The molecule has 0 amide bonds. The third kappa shape index (κ3) is 7.31. The molecule has 0 heterocycles. The van der Waals surface area contributed by atoms with Gasteiger partial charge >= 0.3 is 11.9 Å². The predicted octanol–water partition coefficient (Wildman–Crippen LogP) is 1.37. The lowest BCUT2D eigenvalue weighted by Crippen LogP contribution is -2.26. The first-order chi connectivity index (χ1) is 13.1. The molecule has 6 atom stereocenters. The van der Waals surface area contributed by atoms with Gasteiger partial charge in [0.25, 0.3) is 0 Å². The summed E-state index contributed by atoms with van der Waals surface area (Å²) in [4.78, 5) is 38.9. The smallest absolute Gasteiger partial charge is 0.310 e. The number of ketones is 2. The first kappa shape index (κ1) is 24.2. The van der Waals surface area contributed by atoms with Crippen LogP contribution in [0.25, 0.3) is 0 Å². The van der Waals surface area contributed by atoms with Gasteiger partial charge in [0.1, 0.15) is 24.4 Å². The van der Waals surface area contributed by atoms with E-state index in [2.05, 4.69) is 0 Å². The quantitative estimate of drug-likeness (QED) is 0.488. The number of hydrogen-bond donors (Lipinski definition) is 4. The van der Waals surface area contributed by atoms with Crippen LogP contribution in [0.5, 0.6) is 0 Å². The molecule has 0 aromatic carbocycles. The Kier molecular flexibility index (Phi) is 9.75. The van der Waals surface area contributed by atoms with Crippen molar-refractivity contribution in [1.82, 2.24) is 0 Å². The number of rotatable bonds is 6. The number of aliphatic carboxylic acids is 2. The molecule has 28 heavy (non-hydrogen) atoms. The van der Waals surface area contributed by atoms with Gasteiger partial charge in [0.15, 0.2) is 0 Å². The van der Waals surface area contributed by atoms with Crippen molar-refractivity contribution in [3.05, 3.63) is 0 Å². The Labute approximate surface area is 164 Å². The second-order valence-electron chi connectivity index (χ2n) is 8.23. The van der Waals surface area contributed by atoms with Gasteiger partial charge < -0.3 is 20.4 Å². The molecule has 0 aromatic heterocycles. The average molecular weight is 400 g/mol. The third-order valence-corrected chi connectivity index (χ3v) is 6.00. The Balaban J connectivity index is 0.000000240. The van der Waals surface area contributed by atoms with Gasteiger partial charge in [0.2, 0.25) is 0 Å². The van der Waals surface area contributed by atoms with E-state index >= 15 is 0 Å². The van der Waals surface area contributed by atoms with E-state index in [1.165, 1.54) is 39.5 Å². The highest BCUT2D eigenvalue weighted by Crippen LogP contribution is 2.61. The number of carbonyl (C=O) groups is 4. The van der Waals surface area contributed by atoms with Crippen molar-refractivity contribution in [2.75, 3.05) is 13.2 Å². The molecule has 0 radical (unpaired) electrons. The maximum absolute atomic E-state index is 9.87. The zero-order valence-corrected chi connectivity index (χ0v) is 16.5. The zero-order valence-electron chi connectivity index (χ0n) is 16.5. The number of aliphatic hydroxyl groups is 2. The van der Waals surface area contributed by atoms with Crippen LogP contribution in [0.4, 0.5) is 0 Å². The van der Waals surface area contributed by atoms with Gasteiger partial charge in [0, 0.05) is 13.2 Å². The molecule has 3 fully saturated rings. The number of aliphatic hydroxyl groups excluding tert-OH is 2. The van der Waals surface area contributed by atoms with Gasteiger partial charge in [-0.2, -0.15) is 0 Å². The summed E-state index contributed by atoms with van der Waals surface area (Å²) in [5.74, 6) is 1.86. The minimum absolute atomic E-state index is 0.312. The van der Waals surface area contributed by atoms with Gasteiger partial charge in [-0.15, -0.1) is 0 Å². The molecular formula is C20H32O8. The number of fused-ring (bicyclic) bond motifs is 5. The van der Waals surface area contributed by atoms with Crippen molar-refractivity contribution < 1.29 is 39.6 Å². The summed E-state index contributed by atoms with van der Waals surface area (Å²) < 4.78 is 0. The minimum atomic E-state index is -1.06. The molecule has 4 N–H and O–H groups in total. The molecule has 8 heteroatoms. The molecule has 3 aliphatic rings. The average Bonchev–Trinajstić information content (AvgIpc) is 3.24. The molecule has 0 aliphatic heterocycles. The van der Waals surface area contributed by atoms with E-state index in [1.54, 1.807) is 0 Å². The van der Waals surface area contributed by atoms with E-state index in [0.29, 0.717) is 25.0 Å². The second kappa shape index (κ2) is 11.3. The maximum Gasteiger partial charge on any atom is 0.310 e. The number of hydrogen-bond acceptors (Lipinski definition) is 6. The number of carboxylic acid groups (broad SMARTS) is 2. The highest BCUT2D eigenvalue weighted by molar-refractivity contribution is 5.93. The largest absolute Gasteiger partial charge is 0.481 e. The third-order valence-electron chi connectivity index (χ3n) is 6.00. The predicted molar refractivity (Wildman–Crippen MR) is 99.4 cm³/mol. The lowest BCUT2D eigenvalue weighted by atomic mass is 9.76. The highest BCUT2D eigenvalue weighted by atomic mass is 16.4. The fraction of sp³-hybridized carbons (Fsp3) is 0.800. The monoisotopic (exact) mass is 400 g/mol. The van der Waals surface area contributed by atoms with Crippen LogP contribution in [0, 0.1) is 35.5 Å². The highest BCUT2D eigenvalue weighted by Gasteiger charge is 2.55. The van der Waals surface area contributed by atoms with E-state index in [1.807, 2.05) is 0 Å². The lowest BCUT2D eigenvalue weighted by molar-refractivity contribution is -0.141. The minimum Gasteiger partial charge on any atom is -0.481 e. The molecule has 0 spiro atoms. The van der Waals surface area contributed by atoms with Crippen LogP contribution in [0.3, 0.4) is 0 Å². The molecular weight excluding hydrogens is 368 g/mol. The van der Waals surface area contributed by atoms with Crippen molar-refractivity contribution >= 4 is 23.5 Å². The Bertz CT molecular complexity index is 521. The zero-order chi connectivity index (χ0) is 21.4. The van der Waals surface area contributed by atoms with Crippen LogP contribution in [0.15, 0.2) is 0 Å². The molecule has 2 bridgehead atoms. The second-order valence-corrected chi connectivity index (χ2v) is 8.23. The van der Waals surface area contributed by atoms with Gasteiger partial charge in [0.05, 0.1) is 0 Å². The van der Waals surface area contributed by atoms with Gasteiger partial charge in [-0.3, -0.25) is 19.2 Å². The summed E-state index contributed by atoms with van der Waals surface area (Å²) >= 11 is 0. The van der Waals surface area contributed by atoms with E-state index < -0.39 is 11.9 Å². The summed E-state index contributed by atoms with van der Waals surface area (Å²) in [6, 6.07) is 0. The summed E-state index contributed by atoms with van der Waals surface area (Å²) in [5, 5.41) is 34.2. The summed E-state index contributed by atoms with van der Waals surface area (Å²) in [7, 11) is 0. The molecule has 3 saturated carbocycles. The fourth-order valence-electron chi connectivity index (χ4n) is 5.11. The van der Waals surface area contributed by atoms with Crippen molar-refractivity contribution in [2.45, 2.75) is 52.4 Å². The molecule has 0 saturated heterocycles. The molecule has 8 nitrogen and oxygen atoms in total. The Morgan fingerprint density at radius 2 is 1.21 bits per heavy atom. The van der Waals surface area contributed by atoms with Gasteiger partial charge in [-0.1, -0.05) is 0 Å². The Morgan fingerprint density at radius 3 is 1.57 bits per heavy atom. The first-order valence-corrected chi connectivity index (χ1v) is 9.73. The number of Topliss-reactive ketones (excluding diaryl/α,β-unsaturated/α-hetero) is 2. The van der Waals surface area contributed by atoms with Gasteiger partial charge in [-0.25, -0.2) is 0 Å². The first-order valence-electron chi connectivity index (χ1n) is 9.73. The van der Waals surface area contributed by atoms with Crippen molar-refractivity contribution in [2.24, 2.45) is 35.5 Å². The maximum atomic E-state index is 9.87. The van der Waals surface area contributed by atoms with E-state index in [-0.39, 0.29) is 24.4 Å². The molecule has 6 unspecified atom stereocenters. The van der Waals surface area contributed by atoms with Crippen molar-refractivity contribution in [3.63, 3.8) is 0 Å². The molecule has 0 aromatic rings. The van der Waals surface area contributed by atoms with E-state index in [0.717, 1.165) is 23.7 Å². The summed E-state index contributed by atoms with van der Waals surface area (Å²) in [6.45, 7) is 3.27. The van der Waals surface area contributed by atoms with Crippen LogP contribution in [-0.2, 0) is 19.2 Å². The van der Waals surface area contributed by atoms with Crippen LogP contribution in [0.2, 0.25) is 0 Å². The fourth-order valence-corrected chi connectivity index (χ4v) is 5.11. The molecule has 3 rings (SSSR count). The lowest BCUT2D eigenvalue weighted by Gasteiger charge is -2.30.